The maximum atomic E-state index is 13.5. The molecule has 2 N–H and O–H groups in total. The summed E-state index contributed by atoms with van der Waals surface area (Å²) in [6.45, 7) is 5.96. The maximum Gasteiger partial charge on any atom is 0.191 e. The van der Waals surface area contributed by atoms with E-state index >= 15 is 0 Å². The second-order valence-corrected chi connectivity index (χ2v) is 7.23. The fourth-order valence-electron chi connectivity index (χ4n) is 2.53. The van der Waals surface area contributed by atoms with E-state index in [9.17, 15) is 4.39 Å². The summed E-state index contributed by atoms with van der Waals surface area (Å²) in [6.07, 6.45) is 4.19. The molecule has 0 unspecified atom stereocenters. The van der Waals surface area contributed by atoms with Crippen LogP contribution in [-0.2, 0) is 25.9 Å². The highest BCUT2D eigenvalue weighted by Crippen LogP contribution is 2.17. The predicted molar refractivity (Wildman–Crippen MR) is 110 cm³/mol. The van der Waals surface area contributed by atoms with Gasteiger partial charge in [0.2, 0.25) is 0 Å². The zero-order valence-corrected chi connectivity index (χ0v) is 17.4. The molecular weight excluding hydrogens is 363 g/mol. The van der Waals surface area contributed by atoms with Crippen molar-refractivity contribution in [2.45, 2.75) is 45.5 Å². The Morgan fingerprint density at radius 2 is 2.07 bits per heavy atom. The SMILES string of the molecule is CCCCNC(=NCc1ccc(F)cc1CSC)NCc1nnc(C)n1C. The van der Waals surface area contributed by atoms with Crippen LogP contribution in [0, 0.1) is 12.7 Å². The quantitative estimate of drug-likeness (QED) is 0.390. The first-order chi connectivity index (χ1) is 13.0. The highest BCUT2D eigenvalue weighted by molar-refractivity contribution is 7.97. The lowest BCUT2D eigenvalue weighted by molar-refractivity contribution is 0.625. The van der Waals surface area contributed by atoms with Gasteiger partial charge in [-0.1, -0.05) is 19.4 Å². The van der Waals surface area contributed by atoms with Gasteiger partial charge in [-0.3, -0.25) is 0 Å². The van der Waals surface area contributed by atoms with Crippen LogP contribution in [0.5, 0.6) is 0 Å². The molecule has 27 heavy (non-hydrogen) atoms. The zero-order chi connectivity index (χ0) is 19.6. The molecule has 2 rings (SSSR count). The average molecular weight is 393 g/mol. The normalized spacial score (nSPS) is 11.7. The van der Waals surface area contributed by atoms with Crippen LogP contribution in [-0.4, -0.2) is 33.5 Å². The minimum Gasteiger partial charge on any atom is -0.356 e. The van der Waals surface area contributed by atoms with Gasteiger partial charge in [-0.2, -0.15) is 11.8 Å². The number of benzene rings is 1. The number of guanidine groups is 1. The van der Waals surface area contributed by atoms with Crippen LogP contribution >= 0.6 is 11.8 Å². The van der Waals surface area contributed by atoms with Crippen molar-refractivity contribution in [1.82, 2.24) is 25.4 Å². The number of hydrogen-bond donors (Lipinski definition) is 2. The number of thioether (sulfide) groups is 1. The summed E-state index contributed by atoms with van der Waals surface area (Å²) < 4.78 is 15.5. The summed E-state index contributed by atoms with van der Waals surface area (Å²) in [5, 5.41) is 14.9. The molecule has 0 atom stereocenters. The summed E-state index contributed by atoms with van der Waals surface area (Å²) in [6, 6.07) is 4.91. The van der Waals surface area contributed by atoms with Gasteiger partial charge in [0.25, 0.3) is 0 Å². The molecule has 0 radical (unpaired) electrons. The number of halogens is 1. The van der Waals surface area contributed by atoms with Gasteiger partial charge in [0.1, 0.15) is 11.6 Å². The van der Waals surface area contributed by atoms with Crippen molar-refractivity contribution < 1.29 is 4.39 Å². The van der Waals surface area contributed by atoms with E-state index in [1.54, 1.807) is 17.8 Å². The molecule has 1 heterocycles. The Hall–Kier alpha value is -2.09. The van der Waals surface area contributed by atoms with Crippen molar-refractivity contribution in [2.75, 3.05) is 12.8 Å². The molecule has 0 spiro atoms. The molecule has 0 bridgehead atoms. The highest BCUT2D eigenvalue weighted by Gasteiger charge is 2.08. The first kappa shape index (κ1) is 21.2. The molecule has 148 valence electrons. The third kappa shape index (κ3) is 6.53. The topological polar surface area (TPSA) is 67.1 Å². The van der Waals surface area contributed by atoms with Crippen LogP contribution in [0.3, 0.4) is 0 Å². The van der Waals surface area contributed by atoms with Crippen LogP contribution in [0.1, 0.15) is 42.5 Å². The number of nitrogens with one attached hydrogen (secondary N) is 2. The molecule has 2 aromatic rings. The molecule has 0 fully saturated rings. The van der Waals surface area contributed by atoms with E-state index in [0.717, 1.165) is 53.9 Å². The molecule has 8 heteroatoms. The third-order valence-corrected chi connectivity index (χ3v) is 4.89. The predicted octanol–water partition coefficient (Wildman–Crippen LogP) is 3.16. The van der Waals surface area contributed by atoms with Gasteiger partial charge in [-0.05, 0) is 42.9 Å². The molecular formula is C19H29FN6S. The number of aromatic nitrogens is 3. The van der Waals surface area contributed by atoms with E-state index in [0.29, 0.717) is 13.1 Å². The van der Waals surface area contributed by atoms with Crippen molar-refractivity contribution in [3.63, 3.8) is 0 Å². The zero-order valence-electron chi connectivity index (χ0n) is 16.5. The maximum absolute atomic E-state index is 13.5. The van der Waals surface area contributed by atoms with Crippen molar-refractivity contribution in [3.05, 3.63) is 46.8 Å². The smallest absolute Gasteiger partial charge is 0.191 e. The van der Waals surface area contributed by atoms with Crippen LogP contribution < -0.4 is 10.6 Å². The minimum atomic E-state index is -0.205. The van der Waals surface area contributed by atoms with Crippen LogP contribution in [0.15, 0.2) is 23.2 Å². The van der Waals surface area contributed by atoms with Crippen molar-refractivity contribution in [2.24, 2.45) is 12.0 Å². The summed E-state index contributed by atoms with van der Waals surface area (Å²) >= 11 is 1.68. The van der Waals surface area contributed by atoms with Crippen LogP contribution in [0.25, 0.3) is 0 Å². The van der Waals surface area contributed by atoms with Gasteiger partial charge in [0.15, 0.2) is 11.8 Å². The molecule has 1 aromatic heterocycles. The monoisotopic (exact) mass is 392 g/mol. The second kappa shape index (κ2) is 10.9. The summed E-state index contributed by atoms with van der Waals surface area (Å²) in [5.74, 6) is 3.01. The fraction of sp³-hybridized carbons (Fsp3) is 0.526. The number of unbranched alkanes of at least 4 members (excludes halogenated alkanes) is 1. The Labute approximate surface area is 165 Å². The van der Waals surface area contributed by atoms with Crippen molar-refractivity contribution >= 4 is 17.7 Å². The molecule has 1 aromatic carbocycles. The Morgan fingerprint density at radius 1 is 1.26 bits per heavy atom. The number of aliphatic imine (C=N–C) groups is 1. The number of aryl methyl sites for hydroxylation is 1. The number of rotatable bonds is 9. The van der Waals surface area contributed by atoms with Gasteiger partial charge in [-0.25, -0.2) is 9.38 Å². The Balaban J connectivity index is 2.09. The van der Waals surface area contributed by atoms with E-state index in [-0.39, 0.29) is 5.82 Å². The number of nitrogens with zero attached hydrogens (tertiary/aromatic N) is 4. The van der Waals surface area contributed by atoms with E-state index in [1.807, 2.05) is 30.9 Å². The Kier molecular flexibility index (Phi) is 8.57. The van der Waals surface area contributed by atoms with Crippen LogP contribution in [0.4, 0.5) is 4.39 Å². The van der Waals surface area contributed by atoms with Gasteiger partial charge in [0, 0.05) is 19.3 Å². The lowest BCUT2D eigenvalue weighted by Gasteiger charge is -2.13. The first-order valence-corrected chi connectivity index (χ1v) is 10.6. The van der Waals surface area contributed by atoms with E-state index in [1.165, 1.54) is 6.07 Å². The summed E-state index contributed by atoms with van der Waals surface area (Å²) in [4.78, 5) is 4.70. The molecule has 0 saturated carbocycles. The van der Waals surface area contributed by atoms with Crippen molar-refractivity contribution in [3.8, 4) is 0 Å². The Morgan fingerprint density at radius 3 is 2.74 bits per heavy atom. The first-order valence-electron chi connectivity index (χ1n) is 9.18. The van der Waals surface area contributed by atoms with E-state index in [2.05, 4.69) is 27.8 Å². The van der Waals surface area contributed by atoms with Gasteiger partial charge >= 0.3 is 0 Å². The largest absolute Gasteiger partial charge is 0.356 e. The van der Waals surface area contributed by atoms with E-state index < -0.39 is 0 Å². The highest BCUT2D eigenvalue weighted by atomic mass is 32.2. The van der Waals surface area contributed by atoms with Crippen LogP contribution in [0.2, 0.25) is 0 Å². The molecule has 0 amide bonds. The standard InChI is InChI=1S/C19H29FN6S/c1-5-6-9-21-19(23-12-18-25-24-14(2)26(18)3)22-11-15-7-8-17(20)10-16(15)13-27-4/h7-8,10H,5-6,9,11-13H2,1-4H3,(H2,21,22,23). The second-order valence-electron chi connectivity index (χ2n) is 6.37. The van der Waals surface area contributed by atoms with Gasteiger partial charge in [-0.15, -0.1) is 10.2 Å². The molecule has 0 aliphatic heterocycles. The third-order valence-electron chi connectivity index (χ3n) is 4.30. The van der Waals surface area contributed by atoms with Gasteiger partial charge < -0.3 is 15.2 Å². The number of hydrogen-bond acceptors (Lipinski definition) is 4. The molecule has 0 aliphatic rings. The fourth-order valence-corrected chi connectivity index (χ4v) is 3.11. The lowest BCUT2D eigenvalue weighted by Crippen LogP contribution is -2.38. The van der Waals surface area contributed by atoms with Gasteiger partial charge in [0.05, 0.1) is 13.1 Å². The minimum absolute atomic E-state index is 0.205. The molecule has 6 nitrogen and oxygen atoms in total. The molecule has 0 saturated heterocycles. The van der Waals surface area contributed by atoms with E-state index in [4.69, 9.17) is 4.99 Å². The van der Waals surface area contributed by atoms with Crippen molar-refractivity contribution in [1.29, 1.82) is 0 Å². The average Bonchev–Trinajstić information content (AvgIpc) is 2.97. The Bertz CT molecular complexity index is 759. The lowest BCUT2D eigenvalue weighted by atomic mass is 10.1. The molecule has 0 aliphatic carbocycles. The summed E-state index contributed by atoms with van der Waals surface area (Å²) in [7, 11) is 1.95. The summed E-state index contributed by atoms with van der Waals surface area (Å²) in [5.41, 5.74) is 2.03.